The Morgan fingerprint density at radius 1 is 1.19 bits per heavy atom. The van der Waals surface area contributed by atoms with Crippen molar-refractivity contribution in [3.8, 4) is 17.6 Å². The third-order valence-electron chi connectivity index (χ3n) is 5.14. The van der Waals surface area contributed by atoms with E-state index in [1.165, 1.54) is 4.90 Å². The van der Waals surface area contributed by atoms with Gasteiger partial charge in [0.1, 0.15) is 24.1 Å². The molecule has 0 aliphatic carbocycles. The van der Waals surface area contributed by atoms with Crippen LogP contribution in [0.25, 0.3) is 0 Å². The monoisotopic (exact) mass is 426 g/mol. The molecule has 0 saturated carbocycles. The lowest BCUT2D eigenvalue weighted by molar-refractivity contribution is -0.120. The molecule has 1 N–H and O–H groups in total. The number of likely N-dealkylation sites (N-methyl/N-ethyl adjacent to an activating group) is 1. The van der Waals surface area contributed by atoms with E-state index in [0.29, 0.717) is 11.4 Å². The summed E-state index contributed by atoms with van der Waals surface area (Å²) in [6, 6.07) is 11.9. The highest BCUT2D eigenvalue weighted by molar-refractivity contribution is 6.03. The lowest BCUT2D eigenvalue weighted by atomic mass is 10.1. The average molecular weight is 426 g/mol. The molecule has 160 valence electrons. The summed E-state index contributed by atoms with van der Waals surface area (Å²) in [5.41, 5.74) is 3.40. The first-order valence-corrected chi connectivity index (χ1v) is 10.3. The molecule has 3 aromatic rings. The van der Waals surface area contributed by atoms with Crippen molar-refractivity contribution in [2.45, 2.75) is 19.4 Å². The molecule has 3 heterocycles. The fraction of sp³-hybridized carbons (Fsp3) is 0.200. The molecule has 4 rings (SSSR count). The Bertz CT molecular complexity index is 1210. The minimum Gasteiger partial charge on any atom is -0.489 e. The topological polar surface area (TPSA) is 84.4 Å². The molecule has 0 spiro atoms. The molecule has 0 unspecified atom stereocenters. The van der Waals surface area contributed by atoms with Crippen molar-refractivity contribution in [2.24, 2.45) is 0 Å². The standard InChI is InChI=1S/C25H22N4O3/c1-3-17-10-12-27-20(13-17)24(30)28-21-16-32-23-9-8-18(14-22(23)29(2)25(21)31)6-7-19-5-4-11-26-15-19/h4-5,8-15,21H,3,16H2,1-2H3,(H,28,30)/t21-/m0/s1. The van der Waals surface area contributed by atoms with Gasteiger partial charge in [-0.3, -0.25) is 19.6 Å². The maximum Gasteiger partial charge on any atom is 0.270 e. The number of pyridine rings is 2. The number of ether oxygens (including phenoxy) is 1. The summed E-state index contributed by atoms with van der Waals surface area (Å²) < 4.78 is 5.85. The van der Waals surface area contributed by atoms with E-state index in [-0.39, 0.29) is 18.2 Å². The molecular formula is C25H22N4O3. The molecule has 1 aromatic carbocycles. The second-order valence-corrected chi connectivity index (χ2v) is 7.31. The van der Waals surface area contributed by atoms with Gasteiger partial charge in [0, 0.05) is 36.8 Å². The molecule has 32 heavy (non-hydrogen) atoms. The summed E-state index contributed by atoms with van der Waals surface area (Å²) in [4.78, 5) is 35.4. The minimum absolute atomic E-state index is 0.0239. The van der Waals surface area contributed by atoms with Crippen LogP contribution in [0.15, 0.2) is 61.1 Å². The third kappa shape index (κ3) is 4.60. The maximum atomic E-state index is 13.1. The van der Waals surface area contributed by atoms with E-state index in [2.05, 4.69) is 27.1 Å². The number of carbonyl (C=O) groups is 2. The fourth-order valence-electron chi connectivity index (χ4n) is 3.31. The van der Waals surface area contributed by atoms with Crippen molar-refractivity contribution in [1.82, 2.24) is 15.3 Å². The number of aryl methyl sites for hydroxylation is 1. The number of hydrogen-bond donors (Lipinski definition) is 1. The van der Waals surface area contributed by atoms with Gasteiger partial charge in [0.2, 0.25) is 0 Å². The molecule has 1 aliphatic heterocycles. The van der Waals surface area contributed by atoms with Crippen molar-refractivity contribution in [1.29, 1.82) is 0 Å². The second kappa shape index (κ2) is 9.31. The van der Waals surface area contributed by atoms with Gasteiger partial charge in [-0.25, -0.2) is 0 Å². The van der Waals surface area contributed by atoms with Gasteiger partial charge in [0.15, 0.2) is 0 Å². The summed E-state index contributed by atoms with van der Waals surface area (Å²) in [6.45, 7) is 2.03. The second-order valence-electron chi connectivity index (χ2n) is 7.31. The molecule has 1 aliphatic rings. The normalized spacial score (nSPS) is 15.0. The highest BCUT2D eigenvalue weighted by Gasteiger charge is 2.31. The van der Waals surface area contributed by atoms with Gasteiger partial charge in [-0.05, 0) is 54.4 Å². The predicted molar refractivity (Wildman–Crippen MR) is 120 cm³/mol. The zero-order valence-corrected chi connectivity index (χ0v) is 17.8. The van der Waals surface area contributed by atoms with Crippen LogP contribution in [-0.4, -0.2) is 41.5 Å². The van der Waals surface area contributed by atoms with Crippen molar-refractivity contribution < 1.29 is 14.3 Å². The number of carbonyl (C=O) groups excluding carboxylic acids is 2. The predicted octanol–water partition coefficient (Wildman–Crippen LogP) is 2.59. The summed E-state index contributed by atoms with van der Waals surface area (Å²) >= 11 is 0. The number of nitrogens with zero attached hydrogens (tertiary/aromatic N) is 3. The zero-order chi connectivity index (χ0) is 22.5. The number of rotatable bonds is 3. The summed E-state index contributed by atoms with van der Waals surface area (Å²) in [7, 11) is 1.66. The molecule has 0 fully saturated rings. The van der Waals surface area contributed by atoms with E-state index >= 15 is 0 Å². The number of amides is 2. The van der Waals surface area contributed by atoms with Crippen LogP contribution >= 0.6 is 0 Å². The van der Waals surface area contributed by atoms with Crippen LogP contribution in [0.3, 0.4) is 0 Å². The quantitative estimate of drug-likeness (QED) is 0.651. The largest absolute Gasteiger partial charge is 0.489 e. The van der Waals surface area contributed by atoms with Crippen molar-refractivity contribution in [2.75, 3.05) is 18.6 Å². The van der Waals surface area contributed by atoms with Gasteiger partial charge in [0.05, 0.1) is 5.69 Å². The molecule has 0 radical (unpaired) electrons. The number of anilines is 1. The Morgan fingerprint density at radius 2 is 2.03 bits per heavy atom. The Kier molecular flexibility index (Phi) is 6.13. The number of hydrogen-bond acceptors (Lipinski definition) is 5. The van der Waals surface area contributed by atoms with E-state index in [9.17, 15) is 9.59 Å². The molecule has 1 atom stereocenters. The van der Waals surface area contributed by atoms with Crippen LogP contribution in [0.4, 0.5) is 5.69 Å². The minimum atomic E-state index is -0.836. The van der Waals surface area contributed by atoms with E-state index in [1.807, 2.05) is 31.2 Å². The summed E-state index contributed by atoms with van der Waals surface area (Å²) in [5.74, 6) is 5.99. The Labute approximate surface area is 186 Å². The first-order chi connectivity index (χ1) is 15.5. The van der Waals surface area contributed by atoms with Crippen LogP contribution in [0.2, 0.25) is 0 Å². The maximum absolute atomic E-state index is 13.1. The molecule has 2 amide bonds. The molecule has 7 heteroatoms. The number of aromatic nitrogens is 2. The van der Waals surface area contributed by atoms with E-state index in [1.54, 1.807) is 43.8 Å². The summed E-state index contributed by atoms with van der Waals surface area (Å²) in [6.07, 6.45) is 5.76. The van der Waals surface area contributed by atoms with Gasteiger partial charge < -0.3 is 15.0 Å². The van der Waals surface area contributed by atoms with E-state index < -0.39 is 11.9 Å². The third-order valence-corrected chi connectivity index (χ3v) is 5.14. The Morgan fingerprint density at radius 3 is 2.81 bits per heavy atom. The summed E-state index contributed by atoms with van der Waals surface area (Å²) in [5, 5.41) is 2.75. The molecule has 0 bridgehead atoms. The smallest absolute Gasteiger partial charge is 0.270 e. The zero-order valence-electron chi connectivity index (χ0n) is 17.8. The van der Waals surface area contributed by atoms with E-state index in [0.717, 1.165) is 23.1 Å². The lowest BCUT2D eigenvalue weighted by Crippen LogP contribution is -2.49. The van der Waals surface area contributed by atoms with Gasteiger partial charge in [-0.2, -0.15) is 0 Å². The molecule has 2 aromatic heterocycles. The van der Waals surface area contributed by atoms with Gasteiger partial charge in [-0.15, -0.1) is 0 Å². The first kappa shape index (κ1) is 21.1. The molecule has 7 nitrogen and oxygen atoms in total. The van der Waals surface area contributed by atoms with Crippen LogP contribution in [-0.2, 0) is 11.2 Å². The van der Waals surface area contributed by atoms with Crippen molar-refractivity contribution >= 4 is 17.5 Å². The molecule has 0 saturated heterocycles. The number of nitrogens with one attached hydrogen (secondary N) is 1. The average Bonchev–Trinajstić information content (AvgIpc) is 2.95. The first-order valence-electron chi connectivity index (χ1n) is 10.3. The Balaban J connectivity index is 1.53. The van der Waals surface area contributed by atoms with E-state index in [4.69, 9.17) is 4.74 Å². The highest BCUT2D eigenvalue weighted by Crippen LogP contribution is 2.31. The van der Waals surface area contributed by atoms with Gasteiger partial charge in [-0.1, -0.05) is 18.8 Å². The van der Waals surface area contributed by atoms with Crippen LogP contribution in [0.1, 0.15) is 34.1 Å². The Hall–Kier alpha value is -4.18. The van der Waals surface area contributed by atoms with Gasteiger partial charge in [0.25, 0.3) is 11.8 Å². The van der Waals surface area contributed by atoms with Crippen LogP contribution in [0, 0.1) is 11.8 Å². The van der Waals surface area contributed by atoms with Gasteiger partial charge >= 0.3 is 0 Å². The van der Waals surface area contributed by atoms with Crippen LogP contribution in [0.5, 0.6) is 5.75 Å². The fourth-order valence-corrected chi connectivity index (χ4v) is 3.31. The SMILES string of the molecule is CCc1ccnc(C(=O)N[C@H]2COc3ccc(C#Cc4cccnc4)cc3N(C)C2=O)c1. The highest BCUT2D eigenvalue weighted by atomic mass is 16.5. The number of benzene rings is 1. The van der Waals surface area contributed by atoms with Crippen molar-refractivity contribution in [3.63, 3.8) is 0 Å². The molecular weight excluding hydrogens is 404 g/mol. The van der Waals surface area contributed by atoms with Crippen molar-refractivity contribution in [3.05, 3.63) is 83.4 Å². The lowest BCUT2D eigenvalue weighted by Gasteiger charge is -2.20. The van der Waals surface area contributed by atoms with Crippen LogP contribution < -0.4 is 15.0 Å². The number of fused-ring (bicyclic) bond motifs is 1.